The van der Waals surface area contributed by atoms with Gasteiger partial charge in [-0.3, -0.25) is 14.4 Å². The average Bonchev–Trinajstić information content (AvgIpc) is 2.73. The molecule has 150 valence electrons. The number of amides is 3. The van der Waals surface area contributed by atoms with Gasteiger partial charge in [-0.1, -0.05) is 24.3 Å². The zero-order chi connectivity index (χ0) is 20.4. The Morgan fingerprint density at radius 2 is 1.83 bits per heavy atom. The van der Waals surface area contributed by atoms with E-state index >= 15 is 0 Å². The second kappa shape index (κ2) is 8.05. The number of carbonyl (C=O) groups excluding carboxylic acids is 3. The van der Waals surface area contributed by atoms with Gasteiger partial charge in [0.05, 0.1) is 6.10 Å². The lowest BCUT2D eigenvalue weighted by molar-refractivity contribution is -0.129. The maximum Gasteiger partial charge on any atom is 0.253 e. The fourth-order valence-corrected chi connectivity index (χ4v) is 3.78. The number of anilines is 2. The maximum absolute atomic E-state index is 12.7. The zero-order valence-electron chi connectivity index (χ0n) is 15.9. The summed E-state index contributed by atoms with van der Waals surface area (Å²) < 4.78 is 0. The van der Waals surface area contributed by atoms with Gasteiger partial charge in [-0.25, -0.2) is 0 Å². The Balaban J connectivity index is 1.45. The van der Waals surface area contributed by atoms with Crippen LogP contribution in [0.1, 0.15) is 28.8 Å². The minimum absolute atomic E-state index is 0.127. The highest BCUT2D eigenvalue weighted by molar-refractivity contribution is 6.12. The first-order valence-corrected chi connectivity index (χ1v) is 9.78. The number of nitrogens with zero attached hydrogens (tertiary/aromatic N) is 1. The van der Waals surface area contributed by atoms with Crippen molar-refractivity contribution in [2.24, 2.45) is 5.92 Å². The van der Waals surface area contributed by atoms with E-state index in [2.05, 4.69) is 10.6 Å². The third-order valence-electron chi connectivity index (χ3n) is 5.46. The molecule has 2 aliphatic heterocycles. The molecule has 0 spiro atoms. The monoisotopic (exact) mass is 393 g/mol. The molecule has 4 rings (SSSR count). The fourth-order valence-electron chi connectivity index (χ4n) is 3.78. The van der Waals surface area contributed by atoms with Crippen LogP contribution in [0.25, 0.3) is 0 Å². The quantitative estimate of drug-likeness (QED) is 0.695. The summed E-state index contributed by atoms with van der Waals surface area (Å²) in [7, 11) is 0. The summed E-state index contributed by atoms with van der Waals surface area (Å²) >= 11 is 0. The van der Waals surface area contributed by atoms with Crippen LogP contribution in [-0.2, 0) is 16.0 Å². The van der Waals surface area contributed by atoms with Crippen molar-refractivity contribution in [2.75, 3.05) is 23.7 Å². The van der Waals surface area contributed by atoms with E-state index in [9.17, 15) is 19.5 Å². The van der Waals surface area contributed by atoms with E-state index in [4.69, 9.17) is 0 Å². The highest BCUT2D eigenvalue weighted by Gasteiger charge is 2.32. The number of piperidine rings is 1. The van der Waals surface area contributed by atoms with Crippen LogP contribution in [0.15, 0.2) is 48.5 Å². The van der Waals surface area contributed by atoms with Gasteiger partial charge in [0, 0.05) is 30.0 Å². The number of hydrogen-bond acceptors (Lipinski definition) is 4. The van der Waals surface area contributed by atoms with E-state index in [-0.39, 0.29) is 17.9 Å². The molecule has 3 N–H and O–H groups in total. The first-order valence-electron chi connectivity index (χ1n) is 9.78. The number of likely N-dealkylation sites (tertiary alicyclic amines) is 1. The number of aliphatic hydroxyl groups excluding tert-OH is 1. The van der Waals surface area contributed by atoms with Gasteiger partial charge in [-0.05, 0) is 49.1 Å². The van der Waals surface area contributed by atoms with Crippen LogP contribution in [0, 0.1) is 5.92 Å². The molecule has 7 heteroatoms. The van der Waals surface area contributed by atoms with Crippen LogP contribution < -0.4 is 10.6 Å². The van der Waals surface area contributed by atoms with E-state index < -0.39 is 11.8 Å². The van der Waals surface area contributed by atoms with Crippen molar-refractivity contribution in [1.29, 1.82) is 0 Å². The molecular formula is C22H23N3O4. The standard InChI is InChI=1S/C22H23N3O4/c26-17-8-10-25(11-9-17)22(29)15-5-3-6-16(12-15)23-20(27)18-13-14-4-1-2-7-19(14)24-21(18)28/h1-7,12,17-18,26H,8-11,13H2,(H,23,27)(H,24,28). The summed E-state index contributed by atoms with van der Waals surface area (Å²) in [5.74, 6) is -1.69. The van der Waals surface area contributed by atoms with E-state index in [0.29, 0.717) is 43.6 Å². The van der Waals surface area contributed by atoms with Crippen molar-refractivity contribution in [3.8, 4) is 0 Å². The van der Waals surface area contributed by atoms with Crippen molar-refractivity contribution in [1.82, 2.24) is 4.90 Å². The molecule has 1 saturated heterocycles. The van der Waals surface area contributed by atoms with E-state index in [1.54, 1.807) is 29.2 Å². The number of aliphatic hydroxyl groups is 1. The Bertz CT molecular complexity index is 951. The van der Waals surface area contributed by atoms with Gasteiger partial charge in [0.2, 0.25) is 11.8 Å². The van der Waals surface area contributed by atoms with Gasteiger partial charge in [-0.2, -0.15) is 0 Å². The second-order valence-corrected chi connectivity index (χ2v) is 7.50. The largest absolute Gasteiger partial charge is 0.393 e. The Labute approximate surface area is 168 Å². The average molecular weight is 393 g/mol. The van der Waals surface area contributed by atoms with Crippen molar-refractivity contribution in [3.05, 3.63) is 59.7 Å². The molecule has 0 aromatic heterocycles. The molecule has 29 heavy (non-hydrogen) atoms. The van der Waals surface area contributed by atoms with Crippen molar-refractivity contribution in [2.45, 2.75) is 25.4 Å². The summed E-state index contributed by atoms with van der Waals surface area (Å²) in [6, 6.07) is 14.2. The summed E-state index contributed by atoms with van der Waals surface area (Å²) in [5.41, 5.74) is 2.60. The molecule has 2 aliphatic rings. The van der Waals surface area contributed by atoms with Crippen LogP contribution >= 0.6 is 0 Å². The summed E-state index contributed by atoms with van der Waals surface area (Å²) in [6.45, 7) is 1.02. The van der Waals surface area contributed by atoms with E-state index in [1.165, 1.54) is 0 Å². The molecule has 2 aromatic carbocycles. The number of benzene rings is 2. The first-order chi connectivity index (χ1) is 14.0. The Morgan fingerprint density at radius 3 is 2.62 bits per heavy atom. The van der Waals surface area contributed by atoms with Crippen molar-refractivity contribution >= 4 is 29.1 Å². The van der Waals surface area contributed by atoms with Gasteiger partial charge in [0.1, 0.15) is 5.92 Å². The van der Waals surface area contributed by atoms with E-state index in [0.717, 1.165) is 11.3 Å². The van der Waals surface area contributed by atoms with Crippen LogP contribution in [0.2, 0.25) is 0 Å². The number of fused-ring (bicyclic) bond motifs is 1. The molecule has 0 saturated carbocycles. The number of para-hydroxylation sites is 1. The molecule has 0 radical (unpaired) electrons. The normalized spacial score (nSPS) is 19.3. The fraction of sp³-hybridized carbons (Fsp3) is 0.318. The van der Waals surface area contributed by atoms with Gasteiger partial charge in [-0.15, -0.1) is 0 Å². The summed E-state index contributed by atoms with van der Waals surface area (Å²) in [6.07, 6.45) is 1.13. The molecule has 1 fully saturated rings. The topological polar surface area (TPSA) is 98.7 Å². The van der Waals surface area contributed by atoms with Crippen LogP contribution in [0.5, 0.6) is 0 Å². The highest BCUT2D eigenvalue weighted by atomic mass is 16.3. The Kier molecular flexibility index (Phi) is 5.31. The molecule has 7 nitrogen and oxygen atoms in total. The van der Waals surface area contributed by atoms with Crippen molar-refractivity contribution < 1.29 is 19.5 Å². The molecule has 2 heterocycles. The van der Waals surface area contributed by atoms with Gasteiger partial charge in [0.15, 0.2) is 0 Å². The molecule has 3 amide bonds. The van der Waals surface area contributed by atoms with Crippen molar-refractivity contribution in [3.63, 3.8) is 0 Å². The van der Waals surface area contributed by atoms with Crippen LogP contribution in [0.3, 0.4) is 0 Å². The minimum Gasteiger partial charge on any atom is -0.393 e. The molecule has 1 atom stereocenters. The summed E-state index contributed by atoms with van der Waals surface area (Å²) in [5, 5.41) is 15.2. The van der Waals surface area contributed by atoms with Crippen LogP contribution in [0.4, 0.5) is 11.4 Å². The molecular weight excluding hydrogens is 370 g/mol. The highest BCUT2D eigenvalue weighted by Crippen LogP contribution is 2.26. The predicted octanol–water partition coefficient (Wildman–Crippen LogP) is 2.03. The lowest BCUT2D eigenvalue weighted by Gasteiger charge is -2.29. The first kappa shape index (κ1) is 19.1. The number of carbonyl (C=O) groups is 3. The SMILES string of the molecule is O=C(Nc1cccc(C(=O)N2CCC(O)CC2)c1)C1Cc2ccccc2NC1=O. The molecule has 0 bridgehead atoms. The van der Waals surface area contributed by atoms with Gasteiger partial charge < -0.3 is 20.6 Å². The number of hydrogen-bond donors (Lipinski definition) is 3. The van der Waals surface area contributed by atoms with E-state index in [1.807, 2.05) is 24.3 Å². The summed E-state index contributed by atoms with van der Waals surface area (Å²) in [4.78, 5) is 39.5. The Morgan fingerprint density at radius 1 is 1.07 bits per heavy atom. The molecule has 2 aromatic rings. The molecule has 1 unspecified atom stereocenters. The smallest absolute Gasteiger partial charge is 0.253 e. The minimum atomic E-state index is -0.826. The van der Waals surface area contributed by atoms with Gasteiger partial charge >= 0.3 is 0 Å². The Hall–Kier alpha value is -3.19. The number of nitrogens with one attached hydrogen (secondary N) is 2. The predicted molar refractivity (Wildman–Crippen MR) is 108 cm³/mol. The zero-order valence-corrected chi connectivity index (χ0v) is 15.9. The third kappa shape index (κ3) is 4.14. The lowest BCUT2D eigenvalue weighted by Crippen LogP contribution is -2.40. The third-order valence-corrected chi connectivity index (χ3v) is 5.46. The lowest BCUT2D eigenvalue weighted by atomic mass is 9.92. The maximum atomic E-state index is 12.7. The number of rotatable bonds is 3. The van der Waals surface area contributed by atoms with Gasteiger partial charge in [0.25, 0.3) is 5.91 Å². The second-order valence-electron chi connectivity index (χ2n) is 7.50. The van der Waals surface area contributed by atoms with Crippen LogP contribution in [-0.4, -0.2) is 46.9 Å². The molecule has 0 aliphatic carbocycles.